The van der Waals surface area contributed by atoms with Gasteiger partial charge in [-0.3, -0.25) is 0 Å². The Morgan fingerprint density at radius 2 is 2.05 bits per heavy atom. The fourth-order valence-corrected chi connectivity index (χ4v) is 2.86. The summed E-state index contributed by atoms with van der Waals surface area (Å²) in [6.07, 6.45) is 2.32. The molecule has 0 saturated carbocycles. The van der Waals surface area contributed by atoms with Crippen molar-refractivity contribution in [2.75, 3.05) is 31.6 Å². The van der Waals surface area contributed by atoms with Crippen LogP contribution in [0.5, 0.6) is 5.75 Å². The molecule has 1 aliphatic heterocycles. The summed E-state index contributed by atoms with van der Waals surface area (Å²) in [6, 6.07) is 7.20. The normalized spacial score (nSPS) is 15.6. The molecule has 0 radical (unpaired) electrons. The van der Waals surface area contributed by atoms with Crippen LogP contribution >= 0.6 is 0 Å². The molecular weight excluding hydrogens is 236 g/mol. The lowest BCUT2D eigenvalue weighted by atomic mass is 10.0. The molecule has 0 fully saturated rings. The van der Waals surface area contributed by atoms with Crippen molar-refractivity contribution in [1.82, 2.24) is 4.90 Å². The first-order chi connectivity index (χ1) is 9.28. The van der Waals surface area contributed by atoms with Crippen LogP contribution in [0.4, 0.5) is 5.69 Å². The van der Waals surface area contributed by atoms with E-state index in [2.05, 4.69) is 49.2 Å². The van der Waals surface area contributed by atoms with Crippen molar-refractivity contribution in [1.29, 1.82) is 0 Å². The maximum Gasteiger partial charge on any atom is 0.142 e. The number of rotatable bonds is 6. The molecule has 0 saturated heterocycles. The van der Waals surface area contributed by atoms with Crippen LogP contribution in [0.2, 0.25) is 0 Å². The summed E-state index contributed by atoms with van der Waals surface area (Å²) in [5.41, 5.74) is 2.55. The largest absolute Gasteiger partial charge is 0.490 e. The number of hydrogen-bond donors (Lipinski definition) is 1. The van der Waals surface area contributed by atoms with Crippen LogP contribution < -0.4 is 10.1 Å². The Morgan fingerprint density at radius 1 is 1.26 bits per heavy atom. The van der Waals surface area contributed by atoms with Crippen molar-refractivity contribution >= 4 is 5.69 Å². The zero-order valence-electron chi connectivity index (χ0n) is 12.4. The minimum Gasteiger partial charge on any atom is -0.490 e. The minimum absolute atomic E-state index is 0.637. The molecule has 106 valence electrons. The average molecular weight is 262 g/mol. The number of ether oxygens (including phenoxy) is 1. The highest BCUT2D eigenvalue weighted by Gasteiger charge is 2.16. The third-order valence-corrected chi connectivity index (χ3v) is 3.99. The minimum atomic E-state index is 0.637. The molecule has 1 heterocycles. The fourth-order valence-electron chi connectivity index (χ4n) is 2.86. The predicted molar refractivity (Wildman–Crippen MR) is 81.1 cm³/mol. The first-order valence-corrected chi connectivity index (χ1v) is 7.52. The first-order valence-electron chi connectivity index (χ1n) is 7.52. The van der Waals surface area contributed by atoms with Crippen LogP contribution in [0.3, 0.4) is 0 Å². The molecule has 1 aromatic carbocycles. The molecule has 0 aliphatic carbocycles. The molecule has 3 nitrogen and oxygen atoms in total. The zero-order chi connectivity index (χ0) is 13.7. The maximum absolute atomic E-state index is 5.63. The Morgan fingerprint density at radius 3 is 2.74 bits per heavy atom. The van der Waals surface area contributed by atoms with Gasteiger partial charge in [0.15, 0.2) is 0 Å². The number of nitrogens with one attached hydrogen (secondary N) is 1. The molecule has 1 aromatic rings. The van der Waals surface area contributed by atoms with Crippen molar-refractivity contribution in [3.8, 4) is 5.75 Å². The Bertz CT molecular complexity index is 402. The molecule has 0 amide bonds. The van der Waals surface area contributed by atoms with Crippen molar-refractivity contribution in [3.63, 3.8) is 0 Å². The van der Waals surface area contributed by atoms with E-state index in [1.54, 1.807) is 0 Å². The monoisotopic (exact) mass is 262 g/mol. The second kappa shape index (κ2) is 6.80. The van der Waals surface area contributed by atoms with E-state index >= 15 is 0 Å². The third kappa shape index (κ3) is 3.41. The molecule has 2 rings (SSSR count). The van der Waals surface area contributed by atoms with Gasteiger partial charge in [-0.1, -0.05) is 26.8 Å². The number of anilines is 1. The summed E-state index contributed by atoms with van der Waals surface area (Å²) in [5, 5.41) is 3.41. The summed E-state index contributed by atoms with van der Waals surface area (Å²) in [6.45, 7) is 10.7. The van der Waals surface area contributed by atoms with Crippen LogP contribution in [0.1, 0.15) is 32.8 Å². The van der Waals surface area contributed by atoms with Gasteiger partial charge in [-0.15, -0.1) is 0 Å². The summed E-state index contributed by atoms with van der Waals surface area (Å²) in [5.74, 6) is 0.992. The Kier molecular flexibility index (Phi) is 5.08. The van der Waals surface area contributed by atoms with Gasteiger partial charge in [0.1, 0.15) is 12.4 Å². The standard InChI is InChI=1S/C16H26N2O/c1-4-14(18(5-2)6-3)11-13-7-8-16-15(12-13)17-9-10-19-16/h7-8,12,14,17H,4-6,9-11H2,1-3H3. The van der Waals surface area contributed by atoms with Crippen LogP contribution in [0.15, 0.2) is 18.2 Å². The van der Waals surface area contributed by atoms with Crippen LogP contribution in [0, 0.1) is 0 Å². The smallest absolute Gasteiger partial charge is 0.142 e. The van der Waals surface area contributed by atoms with Gasteiger partial charge >= 0.3 is 0 Å². The summed E-state index contributed by atoms with van der Waals surface area (Å²) in [7, 11) is 0. The van der Waals surface area contributed by atoms with Gasteiger partial charge in [-0.25, -0.2) is 0 Å². The number of nitrogens with zero attached hydrogens (tertiary/aromatic N) is 1. The summed E-state index contributed by atoms with van der Waals surface area (Å²) < 4.78 is 5.63. The Balaban J connectivity index is 2.09. The second-order valence-electron chi connectivity index (χ2n) is 5.09. The maximum atomic E-state index is 5.63. The molecule has 3 heteroatoms. The highest BCUT2D eigenvalue weighted by molar-refractivity contribution is 5.59. The average Bonchev–Trinajstić information content (AvgIpc) is 2.47. The van der Waals surface area contributed by atoms with Gasteiger partial charge in [0, 0.05) is 12.6 Å². The second-order valence-corrected chi connectivity index (χ2v) is 5.09. The van der Waals surface area contributed by atoms with Gasteiger partial charge in [0.05, 0.1) is 5.69 Å². The first kappa shape index (κ1) is 14.2. The van der Waals surface area contributed by atoms with Gasteiger partial charge in [0.25, 0.3) is 0 Å². The van der Waals surface area contributed by atoms with Gasteiger partial charge in [-0.2, -0.15) is 0 Å². The van der Waals surface area contributed by atoms with E-state index in [0.717, 1.165) is 44.1 Å². The zero-order valence-corrected chi connectivity index (χ0v) is 12.4. The molecule has 1 aliphatic rings. The number of likely N-dealkylation sites (N-methyl/N-ethyl adjacent to an activating group) is 1. The van der Waals surface area contributed by atoms with E-state index in [9.17, 15) is 0 Å². The highest BCUT2D eigenvalue weighted by atomic mass is 16.5. The van der Waals surface area contributed by atoms with Gasteiger partial charge in [-0.05, 0) is 43.6 Å². The quantitative estimate of drug-likeness (QED) is 0.852. The van der Waals surface area contributed by atoms with Crippen LogP contribution in [-0.4, -0.2) is 37.2 Å². The lowest BCUT2D eigenvalue weighted by Gasteiger charge is -2.29. The van der Waals surface area contributed by atoms with Crippen molar-refractivity contribution in [2.24, 2.45) is 0 Å². The lowest BCUT2D eigenvalue weighted by Crippen LogP contribution is -2.36. The van der Waals surface area contributed by atoms with Crippen molar-refractivity contribution in [3.05, 3.63) is 23.8 Å². The summed E-state index contributed by atoms with van der Waals surface area (Å²) >= 11 is 0. The van der Waals surface area contributed by atoms with E-state index in [1.807, 2.05) is 0 Å². The molecule has 0 bridgehead atoms. The van der Waals surface area contributed by atoms with Gasteiger partial charge < -0.3 is 15.0 Å². The van der Waals surface area contributed by atoms with Crippen LogP contribution in [-0.2, 0) is 6.42 Å². The molecular formula is C16H26N2O. The predicted octanol–water partition coefficient (Wildman–Crippen LogP) is 3.15. The lowest BCUT2D eigenvalue weighted by molar-refractivity contribution is 0.209. The Hall–Kier alpha value is -1.22. The van der Waals surface area contributed by atoms with Crippen molar-refractivity contribution in [2.45, 2.75) is 39.7 Å². The fraction of sp³-hybridized carbons (Fsp3) is 0.625. The number of benzene rings is 1. The van der Waals surface area contributed by atoms with E-state index in [0.29, 0.717) is 6.04 Å². The topological polar surface area (TPSA) is 24.5 Å². The van der Waals surface area contributed by atoms with E-state index < -0.39 is 0 Å². The number of fused-ring (bicyclic) bond motifs is 1. The van der Waals surface area contributed by atoms with E-state index in [1.165, 1.54) is 12.0 Å². The molecule has 0 spiro atoms. The SMILES string of the molecule is CCC(Cc1ccc2c(c1)NCCO2)N(CC)CC. The summed E-state index contributed by atoms with van der Waals surface area (Å²) in [4.78, 5) is 2.55. The third-order valence-electron chi connectivity index (χ3n) is 3.99. The highest BCUT2D eigenvalue weighted by Crippen LogP contribution is 2.29. The van der Waals surface area contributed by atoms with Gasteiger partial charge in [0.2, 0.25) is 0 Å². The van der Waals surface area contributed by atoms with E-state index in [4.69, 9.17) is 4.74 Å². The molecule has 1 unspecified atom stereocenters. The molecule has 1 N–H and O–H groups in total. The molecule has 19 heavy (non-hydrogen) atoms. The molecule has 0 aromatic heterocycles. The Labute approximate surface area is 116 Å². The van der Waals surface area contributed by atoms with E-state index in [-0.39, 0.29) is 0 Å². The van der Waals surface area contributed by atoms with Crippen molar-refractivity contribution < 1.29 is 4.74 Å². The number of hydrogen-bond acceptors (Lipinski definition) is 3. The van der Waals surface area contributed by atoms with Crippen LogP contribution in [0.25, 0.3) is 0 Å². The molecule has 1 atom stereocenters.